The summed E-state index contributed by atoms with van der Waals surface area (Å²) in [7, 11) is 1.85. The molecular weight excluding hydrogens is 308 g/mol. The molecule has 0 radical (unpaired) electrons. The van der Waals surface area contributed by atoms with Crippen LogP contribution in [0.1, 0.15) is 23.1 Å². The molecule has 3 aromatic rings. The minimum Gasteiger partial charge on any atom is -0.384 e. The van der Waals surface area contributed by atoms with Gasteiger partial charge in [0.15, 0.2) is 0 Å². The van der Waals surface area contributed by atoms with Crippen LogP contribution in [-0.2, 0) is 25.7 Å². The number of nitrogens with one attached hydrogen (secondary N) is 1. The lowest BCUT2D eigenvalue weighted by molar-refractivity contribution is 0.0564. The maximum absolute atomic E-state index is 10.6. The van der Waals surface area contributed by atoms with Crippen molar-refractivity contribution in [3.8, 4) is 0 Å². The lowest BCUT2D eigenvalue weighted by Gasteiger charge is -2.22. The second-order valence-electron chi connectivity index (χ2n) is 5.99. The van der Waals surface area contributed by atoms with Crippen LogP contribution in [0.2, 0.25) is 0 Å². The molecule has 122 valence electrons. The molecule has 3 heterocycles. The molecule has 5 nitrogen and oxygen atoms in total. The van der Waals surface area contributed by atoms with Crippen molar-refractivity contribution < 1.29 is 5.11 Å². The van der Waals surface area contributed by atoms with E-state index in [1.165, 1.54) is 10.6 Å². The summed E-state index contributed by atoms with van der Waals surface area (Å²) in [5, 5.41) is 20.2. The molecule has 2 N–H and O–H groups in total. The minimum atomic E-state index is -0.931. The highest BCUT2D eigenvalue weighted by Gasteiger charge is 2.24. The lowest BCUT2D eigenvalue weighted by atomic mass is 10.00. The van der Waals surface area contributed by atoms with Gasteiger partial charge in [-0.25, -0.2) is 0 Å². The van der Waals surface area contributed by atoms with Crippen LogP contribution in [0.3, 0.4) is 0 Å². The van der Waals surface area contributed by atoms with Crippen LogP contribution < -0.4 is 5.32 Å². The average molecular weight is 330 g/mol. The van der Waals surface area contributed by atoms with E-state index in [4.69, 9.17) is 0 Å². The van der Waals surface area contributed by atoms with E-state index in [0.717, 1.165) is 18.7 Å². The molecular formula is C17H22N4OS. The molecule has 1 unspecified atom stereocenters. The van der Waals surface area contributed by atoms with Crippen molar-refractivity contribution in [1.29, 1.82) is 0 Å². The van der Waals surface area contributed by atoms with Gasteiger partial charge >= 0.3 is 0 Å². The number of hydrogen-bond acceptors (Lipinski definition) is 4. The minimum absolute atomic E-state index is 0.475. The largest absolute Gasteiger partial charge is 0.384 e. The molecule has 3 rings (SSSR count). The fourth-order valence-corrected chi connectivity index (χ4v) is 3.27. The zero-order valence-corrected chi connectivity index (χ0v) is 14.3. The monoisotopic (exact) mass is 330 g/mol. The molecule has 0 aromatic carbocycles. The van der Waals surface area contributed by atoms with Crippen molar-refractivity contribution in [3.05, 3.63) is 64.4 Å². The number of hydrogen-bond donors (Lipinski definition) is 2. The molecule has 23 heavy (non-hydrogen) atoms. The highest BCUT2D eigenvalue weighted by Crippen LogP contribution is 2.19. The van der Waals surface area contributed by atoms with Gasteiger partial charge in [0.2, 0.25) is 0 Å². The fraction of sp³-hybridized carbons (Fsp3) is 0.353. The van der Waals surface area contributed by atoms with E-state index < -0.39 is 5.60 Å². The number of nitrogens with zero attached hydrogens (tertiary/aromatic N) is 3. The van der Waals surface area contributed by atoms with Crippen LogP contribution in [0, 0.1) is 0 Å². The molecule has 0 aliphatic rings. The Morgan fingerprint density at radius 1 is 1.35 bits per heavy atom. The second kappa shape index (κ2) is 6.70. The Balaban J connectivity index is 1.58. The standard InChI is InChI=1S/C17H22N4OS/c1-17(22,14-9-19-20(2)11-14)13-18-10-15-5-3-7-21(15)12-16-6-4-8-23-16/h3-9,11,18,22H,10,12-13H2,1-2H3. The molecule has 0 amide bonds. The maximum atomic E-state index is 10.6. The summed E-state index contributed by atoms with van der Waals surface area (Å²) < 4.78 is 3.94. The number of aliphatic hydroxyl groups is 1. The molecule has 3 aromatic heterocycles. The predicted octanol–water partition coefficient (Wildman–Crippen LogP) is 2.33. The highest BCUT2D eigenvalue weighted by molar-refractivity contribution is 7.09. The van der Waals surface area contributed by atoms with Crippen molar-refractivity contribution in [2.45, 2.75) is 25.6 Å². The van der Waals surface area contributed by atoms with Crippen molar-refractivity contribution in [1.82, 2.24) is 19.7 Å². The average Bonchev–Trinajstić information content (AvgIpc) is 3.22. The summed E-state index contributed by atoms with van der Waals surface area (Å²) in [5.41, 5.74) is 1.10. The van der Waals surface area contributed by atoms with E-state index in [1.54, 1.807) is 22.2 Å². The van der Waals surface area contributed by atoms with Gasteiger partial charge in [-0.15, -0.1) is 11.3 Å². The first kappa shape index (κ1) is 16.0. The van der Waals surface area contributed by atoms with Crippen LogP contribution >= 0.6 is 11.3 Å². The third-order valence-corrected chi connectivity index (χ3v) is 4.79. The fourth-order valence-electron chi connectivity index (χ4n) is 2.57. The molecule has 0 aliphatic carbocycles. The summed E-state index contributed by atoms with van der Waals surface area (Å²) in [5.74, 6) is 0. The normalized spacial score (nSPS) is 14.0. The first-order valence-electron chi connectivity index (χ1n) is 7.63. The Hall–Kier alpha value is -1.89. The number of aromatic nitrogens is 3. The van der Waals surface area contributed by atoms with E-state index in [9.17, 15) is 5.11 Å². The summed E-state index contributed by atoms with van der Waals surface area (Å²) in [4.78, 5) is 1.34. The molecule has 6 heteroatoms. The zero-order chi connectivity index (χ0) is 16.3. The smallest absolute Gasteiger partial charge is 0.102 e. The summed E-state index contributed by atoms with van der Waals surface area (Å²) in [6, 6.07) is 8.39. The lowest BCUT2D eigenvalue weighted by Crippen LogP contribution is -2.35. The van der Waals surface area contributed by atoms with E-state index in [0.29, 0.717) is 6.54 Å². The van der Waals surface area contributed by atoms with E-state index in [2.05, 4.69) is 50.8 Å². The Morgan fingerprint density at radius 3 is 2.91 bits per heavy atom. The Morgan fingerprint density at radius 2 is 2.22 bits per heavy atom. The topological polar surface area (TPSA) is 55.0 Å². The first-order valence-corrected chi connectivity index (χ1v) is 8.51. The van der Waals surface area contributed by atoms with E-state index in [1.807, 2.05) is 20.2 Å². The van der Waals surface area contributed by atoms with Gasteiger partial charge in [0.25, 0.3) is 0 Å². The van der Waals surface area contributed by atoms with Gasteiger partial charge in [0.05, 0.1) is 12.7 Å². The van der Waals surface area contributed by atoms with Gasteiger partial charge in [0, 0.05) is 48.7 Å². The van der Waals surface area contributed by atoms with Crippen LogP contribution in [0.25, 0.3) is 0 Å². The Kier molecular flexibility index (Phi) is 4.66. The van der Waals surface area contributed by atoms with Gasteiger partial charge in [-0.3, -0.25) is 4.68 Å². The number of aryl methyl sites for hydroxylation is 1. The SMILES string of the molecule is Cn1cc(C(C)(O)CNCc2cccn2Cc2cccs2)cn1. The van der Waals surface area contributed by atoms with Crippen LogP contribution in [0.4, 0.5) is 0 Å². The quantitative estimate of drug-likeness (QED) is 0.699. The second-order valence-corrected chi connectivity index (χ2v) is 7.02. The molecule has 0 fully saturated rings. The predicted molar refractivity (Wildman–Crippen MR) is 92.3 cm³/mol. The van der Waals surface area contributed by atoms with Crippen LogP contribution in [-0.4, -0.2) is 26.0 Å². The van der Waals surface area contributed by atoms with E-state index in [-0.39, 0.29) is 0 Å². The van der Waals surface area contributed by atoms with Gasteiger partial charge in [-0.05, 0) is 30.5 Å². The van der Waals surface area contributed by atoms with Gasteiger partial charge in [-0.2, -0.15) is 5.10 Å². The van der Waals surface area contributed by atoms with Crippen LogP contribution in [0.15, 0.2) is 48.2 Å². The molecule has 0 saturated carbocycles. The van der Waals surface area contributed by atoms with Gasteiger partial charge < -0.3 is 15.0 Å². The summed E-state index contributed by atoms with van der Waals surface area (Å²) in [6.45, 7) is 3.89. The third kappa shape index (κ3) is 3.90. The Labute approximate surface area is 140 Å². The number of rotatable bonds is 7. The molecule has 0 saturated heterocycles. The molecule has 0 bridgehead atoms. The summed E-state index contributed by atoms with van der Waals surface area (Å²) >= 11 is 1.77. The molecule has 0 spiro atoms. The van der Waals surface area contributed by atoms with Gasteiger partial charge in [-0.1, -0.05) is 6.07 Å². The number of thiophene rings is 1. The first-order chi connectivity index (χ1) is 11.0. The van der Waals surface area contributed by atoms with Crippen molar-refractivity contribution >= 4 is 11.3 Å². The van der Waals surface area contributed by atoms with Crippen molar-refractivity contribution in [3.63, 3.8) is 0 Å². The maximum Gasteiger partial charge on any atom is 0.102 e. The van der Waals surface area contributed by atoms with Gasteiger partial charge in [0.1, 0.15) is 5.60 Å². The van der Waals surface area contributed by atoms with E-state index >= 15 is 0 Å². The zero-order valence-electron chi connectivity index (χ0n) is 13.4. The highest BCUT2D eigenvalue weighted by atomic mass is 32.1. The van der Waals surface area contributed by atoms with Crippen LogP contribution in [0.5, 0.6) is 0 Å². The molecule has 1 atom stereocenters. The Bertz CT molecular complexity index is 742. The van der Waals surface area contributed by atoms with Crippen molar-refractivity contribution in [2.24, 2.45) is 7.05 Å². The van der Waals surface area contributed by atoms with Crippen molar-refractivity contribution in [2.75, 3.05) is 6.54 Å². The molecule has 0 aliphatic heterocycles. The summed E-state index contributed by atoms with van der Waals surface area (Å²) in [6.07, 6.45) is 5.65. The third-order valence-electron chi connectivity index (χ3n) is 3.93.